The summed E-state index contributed by atoms with van der Waals surface area (Å²) in [6.07, 6.45) is -0.851. The molecule has 3 heterocycles. The molecule has 1 N–H and O–H groups in total. The summed E-state index contributed by atoms with van der Waals surface area (Å²) < 4.78 is 41.0. The molecule has 6 rings (SSSR count). The molecule has 5 aliphatic rings. The average molecular weight is 515 g/mol. The lowest BCUT2D eigenvalue weighted by Gasteiger charge is -2.64. The second kappa shape index (κ2) is 7.88. The molecule has 2 aliphatic carbocycles. The number of carbonyl (C=O) groups is 2. The van der Waals surface area contributed by atoms with E-state index in [1.54, 1.807) is 26.0 Å². The lowest BCUT2D eigenvalue weighted by atomic mass is 9.50. The Bertz CT molecular complexity index is 1280. The van der Waals surface area contributed by atoms with Crippen LogP contribution in [0.15, 0.2) is 29.2 Å². The first kappa shape index (κ1) is 24.1. The minimum Gasteiger partial charge on any atom is -0.494 e. The molecule has 3 aliphatic heterocycles. The van der Waals surface area contributed by atoms with Crippen molar-refractivity contribution in [2.24, 2.45) is 11.8 Å². The van der Waals surface area contributed by atoms with Gasteiger partial charge in [-0.3, -0.25) is 4.79 Å². The van der Waals surface area contributed by atoms with E-state index in [2.05, 4.69) is 0 Å². The van der Waals surface area contributed by atoms with Gasteiger partial charge in [0.25, 0.3) is 0 Å². The van der Waals surface area contributed by atoms with Crippen molar-refractivity contribution in [3.8, 4) is 17.2 Å². The van der Waals surface area contributed by atoms with Crippen molar-refractivity contribution in [3.63, 3.8) is 0 Å². The number of hydrogen-bond acceptors (Lipinski definition) is 10. The van der Waals surface area contributed by atoms with E-state index >= 15 is 0 Å². The number of benzene rings is 1. The minimum atomic E-state index is -1.72. The Labute approximate surface area is 214 Å². The molecular weight excluding hydrogens is 484 g/mol. The van der Waals surface area contributed by atoms with Crippen LogP contribution in [0.4, 0.5) is 0 Å². The van der Waals surface area contributed by atoms with E-state index in [1.165, 1.54) is 14.2 Å². The maximum absolute atomic E-state index is 14.4. The van der Waals surface area contributed by atoms with Crippen molar-refractivity contribution in [2.45, 2.75) is 57.0 Å². The summed E-state index contributed by atoms with van der Waals surface area (Å²) in [4.78, 5) is 27.4. The Morgan fingerprint density at radius 1 is 1.14 bits per heavy atom. The first-order valence-electron chi connectivity index (χ1n) is 12.4. The molecule has 0 aromatic heterocycles. The highest BCUT2D eigenvalue weighted by Crippen LogP contribution is 2.67. The maximum atomic E-state index is 14.4. The molecule has 10 nitrogen and oxygen atoms in total. The van der Waals surface area contributed by atoms with Gasteiger partial charge in [0.05, 0.1) is 20.3 Å². The number of Topliss-reactive ketones (excluding diaryl/α,β-unsaturated/α-hetero) is 1. The molecule has 0 amide bonds. The van der Waals surface area contributed by atoms with Crippen molar-refractivity contribution >= 4 is 11.8 Å². The maximum Gasteiger partial charge on any atom is 0.333 e. The van der Waals surface area contributed by atoms with Crippen molar-refractivity contribution < 1.29 is 47.9 Å². The molecule has 198 valence electrons. The van der Waals surface area contributed by atoms with E-state index in [1.807, 2.05) is 13.8 Å². The largest absolute Gasteiger partial charge is 0.494 e. The first-order valence-corrected chi connectivity index (χ1v) is 12.4. The van der Waals surface area contributed by atoms with Gasteiger partial charge in [-0.05, 0) is 25.8 Å². The highest BCUT2D eigenvalue weighted by atomic mass is 16.7. The highest BCUT2D eigenvalue weighted by molar-refractivity contribution is 6.07. The fourth-order valence-corrected chi connectivity index (χ4v) is 6.60. The number of fused-ring (bicyclic) bond motifs is 2. The zero-order chi connectivity index (χ0) is 26.4. The van der Waals surface area contributed by atoms with Gasteiger partial charge in [-0.25, -0.2) is 4.79 Å². The quantitative estimate of drug-likeness (QED) is 0.474. The molecule has 1 spiro atoms. The molecule has 0 radical (unpaired) electrons. The number of rotatable bonds is 4. The number of ketones is 1. The monoisotopic (exact) mass is 514 g/mol. The number of allylic oxidation sites excluding steroid dienone is 2. The van der Waals surface area contributed by atoms with Gasteiger partial charge in [0.1, 0.15) is 23.7 Å². The Morgan fingerprint density at radius 3 is 2.57 bits per heavy atom. The van der Waals surface area contributed by atoms with E-state index < -0.39 is 41.1 Å². The van der Waals surface area contributed by atoms with Crippen molar-refractivity contribution in [3.05, 3.63) is 40.4 Å². The molecule has 37 heavy (non-hydrogen) atoms. The van der Waals surface area contributed by atoms with E-state index in [-0.39, 0.29) is 42.5 Å². The second-order valence-corrected chi connectivity index (χ2v) is 10.3. The molecule has 0 bridgehead atoms. The summed E-state index contributed by atoms with van der Waals surface area (Å²) in [5, 5.41) is 12.6. The number of esters is 1. The van der Waals surface area contributed by atoms with Crippen LogP contribution in [0.1, 0.15) is 44.9 Å². The summed E-state index contributed by atoms with van der Waals surface area (Å²) in [6, 6.07) is 1.73. The predicted molar refractivity (Wildman–Crippen MR) is 126 cm³/mol. The zero-order valence-corrected chi connectivity index (χ0v) is 21.6. The predicted octanol–water partition coefficient (Wildman–Crippen LogP) is 2.47. The number of hydrogen-bond donors (Lipinski definition) is 1. The smallest absolute Gasteiger partial charge is 0.333 e. The van der Waals surface area contributed by atoms with Gasteiger partial charge in [0.2, 0.25) is 24.1 Å². The number of ether oxygens (including phenoxy) is 7. The fourth-order valence-electron chi connectivity index (χ4n) is 6.60. The molecule has 1 aromatic rings. The van der Waals surface area contributed by atoms with Crippen LogP contribution in [0.2, 0.25) is 0 Å². The second-order valence-electron chi connectivity index (χ2n) is 10.3. The van der Waals surface area contributed by atoms with Gasteiger partial charge in [-0.2, -0.15) is 0 Å². The third-order valence-corrected chi connectivity index (χ3v) is 8.87. The third kappa shape index (κ3) is 2.67. The van der Waals surface area contributed by atoms with Gasteiger partial charge in [-0.1, -0.05) is 19.9 Å². The topological polar surface area (TPSA) is 119 Å². The summed E-state index contributed by atoms with van der Waals surface area (Å²) in [5.41, 5.74) is -1.95. The van der Waals surface area contributed by atoms with Crippen LogP contribution < -0.4 is 14.2 Å². The van der Waals surface area contributed by atoms with Crippen LogP contribution in [0.3, 0.4) is 0 Å². The van der Waals surface area contributed by atoms with Crippen molar-refractivity contribution in [1.82, 2.24) is 0 Å². The number of carbonyl (C=O) groups excluding carboxylic acids is 2. The zero-order valence-electron chi connectivity index (χ0n) is 21.6. The summed E-state index contributed by atoms with van der Waals surface area (Å²) in [6.45, 7) is 7.09. The SMILES string of the molecule is C/C=C(/C)C(=O)O[C@H]1c2cc3c(c4c2C2(CO4)C(=O)C(OC)=C(OC)[C@H]4O[C@@H]([C@@H](C)[C@H]1C)C42O)OCO3. The molecule has 2 unspecified atom stereocenters. The average Bonchev–Trinajstić information content (AvgIpc) is 3.52. The van der Waals surface area contributed by atoms with E-state index in [9.17, 15) is 14.7 Å². The van der Waals surface area contributed by atoms with Gasteiger partial charge in [-0.15, -0.1) is 0 Å². The van der Waals surface area contributed by atoms with Crippen LogP contribution in [-0.4, -0.2) is 62.3 Å². The standard InChI is InChI=1S/C27H30O10/c1-7-11(2)25(29)36-17-12(3)13(4)23-27(30)24(37-23)21(32-6)20(31-5)22(28)26(27)9-33-19-16(26)14(17)8-15-18(19)35-10-34-15/h7-8,12-13,17,23-24,30H,9-10H2,1-6H3/b11-7-/t12-,13+,17-,23+,24-,26?,27?/m1/s1. The van der Waals surface area contributed by atoms with Gasteiger partial charge in [0.15, 0.2) is 23.4 Å². The molecule has 10 heteroatoms. The Morgan fingerprint density at radius 2 is 1.89 bits per heavy atom. The normalized spacial score (nSPS) is 37.0. The summed E-state index contributed by atoms with van der Waals surface area (Å²) in [5.74, 6) is -0.481. The molecule has 7 atom stereocenters. The Kier molecular flexibility index (Phi) is 5.14. The first-order chi connectivity index (χ1) is 17.7. The lowest BCUT2D eigenvalue weighted by Crippen LogP contribution is -2.82. The van der Waals surface area contributed by atoms with Gasteiger partial charge in [0, 0.05) is 22.6 Å². The summed E-state index contributed by atoms with van der Waals surface area (Å²) in [7, 11) is 2.79. The molecule has 0 saturated carbocycles. The molecule has 1 saturated heterocycles. The Balaban J connectivity index is 1.67. The highest BCUT2D eigenvalue weighted by Gasteiger charge is 2.80. The molecule has 1 fully saturated rings. The Hall–Kier alpha value is -3.24. The van der Waals surface area contributed by atoms with Crippen LogP contribution >= 0.6 is 0 Å². The molecule has 1 aromatic carbocycles. The fraction of sp³-hybridized carbons (Fsp3) is 0.556. The third-order valence-electron chi connectivity index (χ3n) is 8.87. The van der Waals surface area contributed by atoms with Crippen molar-refractivity contribution in [2.75, 3.05) is 27.6 Å². The van der Waals surface area contributed by atoms with E-state index in [0.29, 0.717) is 28.2 Å². The van der Waals surface area contributed by atoms with E-state index in [0.717, 1.165) is 0 Å². The van der Waals surface area contributed by atoms with Crippen LogP contribution in [0.25, 0.3) is 0 Å². The molecular formula is C27H30O10. The minimum absolute atomic E-state index is 0.0285. The van der Waals surface area contributed by atoms with E-state index in [4.69, 9.17) is 33.2 Å². The number of methoxy groups -OCH3 is 2. The van der Waals surface area contributed by atoms with Crippen LogP contribution in [0.5, 0.6) is 17.2 Å². The van der Waals surface area contributed by atoms with Gasteiger partial charge >= 0.3 is 5.97 Å². The van der Waals surface area contributed by atoms with Crippen LogP contribution in [0, 0.1) is 11.8 Å². The lowest BCUT2D eigenvalue weighted by molar-refractivity contribution is -0.334. The number of aliphatic hydroxyl groups is 1. The van der Waals surface area contributed by atoms with Crippen molar-refractivity contribution in [1.29, 1.82) is 0 Å². The summed E-state index contributed by atoms with van der Waals surface area (Å²) >= 11 is 0. The van der Waals surface area contributed by atoms with Crippen LogP contribution in [-0.2, 0) is 34.0 Å². The van der Waals surface area contributed by atoms with Gasteiger partial charge < -0.3 is 38.3 Å².